The van der Waals surface area contributed by atoms with Crippen molar-refractivity contribution < 1.29 is 4.79 Å². The molecule has 188 valence electrons. The van der Waals surface area contributed by atoms with E-state index >= 15 is 0 Å². The first-order valence-electron chi connectivity index (χ1n) is 13.9. The molecule has 0 saturated carbocycles. The second kappa shape index (κ2) is 12.4. The molecular weight excluding hydrogens is 430 g/mol. The Labute approximate surface area is 211 Å². The summed E-state index contributed by atoms with van der Waals surface area (Å²) in [4.78, 5) is 20.2. The van der Waals surface area contributed by atoms with E-state index in [9.17, 15) is 4.79 Å². The molecule has 4 heteroatoms. The van der Waals surface area contributed by atoms with E-state index in [0.717, 1.165) is 34.7 Å². The largest absolute Gasteiger partial charge is 0.328 e. The monoisotopic (exact) mass is 473 g/mol. The van der Waals surface area contributed by atoms with Gasteiger partial charge in [0.15, 0.2) is 0 Å². The van der Waals surface area contributed by atoms with Gasteiger partial charge >= 0.3 is 0 Å². The van der Waals surface area contributed by atoms with Crippen LogP contribution in [0.25, 0.3) is 11.0 Å². The molecule has 3 aromatic rings. The summed E-state index contributed by atoms with van der Waals surface area (Å²) < 4.78 is 2.41. The van der Waals surface area contributed by atoms with Gasteiger partial charge < -0.3 is 9.47 Å². The summed E-state index contributed by atoms with van der Waals surface area (Å²) in [5, 5.41) is 0. The Morgan fingerprint density at radius 3 is 2.14 bits per heavy atom. The van der Waals surface area contributed by atoms with Crippen molar-refractivity contribution in [3.8, 4) is 0 Å². The number of unbranched alkanes of at least 4 members (excludes halogenated alkanes) is 9. The Morgan fingerprint density at radius 2 is 1.46 bits per heavy atom. The predicted octanol–water partition coefficient (Wildman–Crippen LogP) is 8.09. The summed E-state index contributed by atoms with van der Waals surface area (Å²) in [6.07, 6.45) is 13.9. The van der Waals surface area contributed by atoms with Gasteiger partial charge in [-0.05, 0) is 43.5 Å². The van der Waals surface area contributed by atoms with Gasteiger partial charge in [-0.2, -0.15) is 0 Å². The molecule has 0 spiro atoms. The van der Waals surface area contributed by atoms with E-state index in [1.54, 1.807) is 0 Å². The Morgan fingerprint density at radius 1 is 0.829 bits per heavy atom. The highest BCUT2D eigenvalue weighted by molar-refractivity contribution is 5.98. The van der Waals surface area contributed by atoms with Crippen LogP contribution in [0.3, 0.4) is 0 Å². The predicted molar refractivity (Wildman–Crippen MR) is 147 cm³/mol. The van der Waals surface area contributed by atoms with Crippen molar-refractivity contribution in [3.63, 3.8) is 0 Å². The fraction of sp³-hybridized carbons (Fsp3) is 0.548. The lowest BCUT2D eigenvalue weighted by molar-refractivity contribution is -0.117. The number of rotatable bonds is 13. The van der Waals surface area contributed by atoms with Crippen LogP contribution in [0.4, 0.5) is 5.69 Å². The highest BCUT2D eigenvalue weighted by Crippen LogP contribution is 2.36. The molecule has 4 rings (SSSR count). The second-order valence-corrected chi connectivity index (χ2v) is 10.4. The summed E-state index contributed by atoms with van der Waals surface area (Å²) in [7, 11) is 0. The van der Waals surface area contributed by atoms with Gasteiger partial charge in [-0.3, -0.25) is 4.79 Å². The van der Waals surface area contributed by atoms with E-state index in [2.05, 4.69) is 67.8 Å². The van der Waals surface area contributed by atoms with Crippen LogP contribution >= 0.6 is 0 Å². The molecule has 1 fully saturated rings. The maximum Gasteiger partial charge on any atom is 0.227 e. The Bertz CT molecular complexity index is 1100. The summed E-state index contributed by atoms with van der Waals surface area (Å²) in [6, 6.07) is 14.7. The quantitative estimate of drug-likeness (QED) is 0.235. The van der Waals surface area contributed by atoms with Crippen molar-refractivity contribution in [1.82, 2.24) is 9.55 Å². The molecule has 2 aromatic carbocycles. The molecular formula is C31H43N3O. The molecule has 1 unspecified atom stereocenters. The number of amides is 1. The smallest absolute Gasteiger partial charge is 0.227 e. The van der Waals surface area contributed by atoms with Gasteiger partial charge in [0.25, 0.3) is 0 Å². The van der Waals surface area contributed by atoms with Gasteiger partial charge in [0, 0.05) is 31.1 Å². The molecule has 0 N–H and O–H groups in total. The van der Waals surface area contributed by atoms with Crippen LogP contribution in [-0.4, -0.2) is 22.0 Å². The number of aromatic nitrogens is 2. The lowest BCUT2D eigenvalue weighted by atomic mass is 10.1. The number of hydrogen-bond acceptors (Lipinski definition) is 2. The first-order chi connectivity index (χ1) is 17.1. The summed E-state index contributed by atoms with van der Waals surface area (Å²) in [5.41, 5.74) is 5.66. The fourth-order valence-corrected chi connectivity index (χ4v) is 5.73. The molecule has 1 atom stereocenters. The Balaban J connectivity index is 1.40. The first-order valence-corrected chi connectivity index (χ1v) is 13.9. The van der Waals surface area contributed by atoms with Gasteiger partial charge in [0.2, 0.25) is 5.91 Å². The fourth-order valence-electron chi connectivity index (χ4n) is 5.73. The minimum absolute atomic E-state index is 0.136. The summed E-state index contributed by atoms with van der Waals surface area (Å²) in [6.45, 7) is 8.18. The highest BCUT2D eigenvalue weighted by Gasteiger charge is 2.35. The van der Waals surface area contributed by atoms with Gasteiger partial charge in [0.05, 0.1) is 11.0 Å². The van der Waals surface area contributed by atoms with Crippen LogP contribution in [0.2, 0.25) is 0 Å². The number of anilines is 1. The van der Waals surface area contributed by atoms with Gasteiger partial charge in [-0.15, -0.1) is 0 Å². The molecule has 1 amide bonds. The molecule has 0 bridgehead atoms. The molecule has 0 radical (unpaired) electrons. The van der Waals surface area contributed by atoms with E-state index in [0.29, 0.717) is 13.0 Å². The van der Waals surface area contributed by atoms with E-state index in [1.165, 1.54) is 69.7 Å². The number of fused-ring (bicyclic) bond motifs is 1. The van der Waals surface area contributed by atoms with Crippen molar-refractivity contribution in [2.75, 3.05) is 11.4 Å². The number of imidazole rings is 1. The Kier molecular flexibility index (Phi) is 9.01. The lowest BCUT2D eigenvalue weighted by Gasteiger charge is -2.21. The van der Waals surface area contributed by atoms with Gasteiger partial charge in [-0.1, -0.05) is 95.0 Å². The van der Waals surface area contributed by atoms with E-state index in [4.69, 9.17) is 4.98 Å². The van der Waals surface area contributed by atoms with Gasteiger partial charge in [-0.25, -0.2) is 4.98 Å². The number of nitrogens with zero attached hydrogens (tertiary/aromatic N) is 3. The minimum atomic E-state index is 0.136. The van der Waals surface area contributed by atoms with E-state index < -0.39 is 0 Å². The molecule has 1 aliphatic rings. The SMILES string of the molecule is CCCCCCCCCCCCn1c(C2CC(=O)N(c3c(C)cccc3C)C2)nc2ccccc21. The zero-order valence-electron chi connectivity index (χ0n) is 22.1. The topological polar surface area (TPSA) is 38.1 Å². The van der Waals surface area contributed by atoms with Crippen LogP contribution in [-0.2, 0) is 11.3 Å². The Hall–Kier alpha value is -2.62. The van der Waals surface area contributed by atoms with Gasteiger partial charge in [0.1, 0.15) is 5.82 Å². The zero-order valence-corrected chi connectivity index (χ0v) is 22.1. The van der Waals surface area contributed by atoms with Crippen molar-refractivity contribution in [2.24, 2.45) is 0 Å². The van der Waals surface area contributed by atoms with Crippen LogP contribution in [0.15, 0.2) is 42.5 Å². The maximum atomic E-state index is 13.1. The van der Waals surface area contributed by atoms with Crippen LogP contribution < -0.4 is 4.90 Å². The molecule has 2 heterocycles. The molecule has 35 heavy (non-hydrogen) atoms. The van der Waals surface area contributed by atoms with Crippen molar-refractivity contribution in [3.05, 3.63) is 59.4 Å². The highest BCUT2D eigenvalue weighted by atomic mass is 16.2. The number of carbonyl (C=O) groups is 1. The minimum Gasteiger partial charge on any atom is -0.328 e. The van der Waals surface area contributed by atoms with Crippen molar-refractivity contribution in [1.29, 1.82) is 0 Å². The van der Waals surface area contributed by atoms with Crippen LogP contribution in [0.1, 0.15) is 100 Å². The number of carbonyl (C=O) groups excluding carboxylic acids is 1. The number of hydrogen-bond donors (Lipinski definition) is 0. The van der Waals surface area contributed by atoms with Crippen molar-refractivity contribution >= 4 is 22.6 Å². The van der Waals surface area contributed by atoms with Crippen molar-refractivity contribution in [2.45, 2.75) is 104 Å². The average Bonchev–Trinajstić information content (AvgIpc) is 3.41. The third-order valence-electron chi connectivity index (χ3n) is 7.62. The zero-order chi connectivity index (χ0) is 24.6. The van der Waals surface area contributed by atoms with E-state index in [1.807, 2.05) is 4.90 Å². The number of aryl methyl sites for hydroxylation is 3. The third kappa shape index (κ3) is 6.15. The summed E-state index contributed by atoms with van der Waals surface area (Å²) >= 11 is 0. The average molecular weight is 474 g/mol. The molecule has 1 aromatic heterocycles. The second-order valence-electron chi connectivity index (χ2n) is 10.4. The summed E-state index contributed by atoms with van der Waals surface area (Å²) in [5.74, 6) is 1.44. The molecule has 4 nitrogen and oxygen atoms in total. The number of para-hydroxylation sites is 3. The molecule has 1 saturated heterocycles. The first kappa shape index (κ1) is 25.5. The normalized spacial score (nSPS) is 16.0. The molecule has 0 aliphatic carbocycles. The van der Waals surface area contributed by atoms with Crippen LogP contribution in [0.5, 0.6) is 0 Å². The standard InChI is InChI=1S/C31H43N3O/c1-4-5-6-7-8-9-10-11-12-15-21-33-28-20-14-13-19-27(28)32-31(33)26-22-29(35)34(23-26)30-24(2)17-16-18-25(30)3/h13-14,16-20,26H,4-12,15,21-23H2,1-3H3. The van der Waals surface area contributed by atoms with E-state index in [-0.39, 0.29) is 11.8 Å². The number of benzene rings is 2. The molecule has 1 aliphatic heterocycles. The lowest BCUT2D eigenvalue weighted by Crippen LogP contribution is -2.26. The third-order valence-corrected chi connectivity index (χ3v) is 7.62. The van der Waals surface area contributed by atoms with Crippen LogP contribution in [0, 0.1) is 13.8 Å². The maximum absolute atomic E-state index is 13.1.